The van der Waals surface area contributed by atoms with Gasteiger partial charge in [-0.2, -0.15) is 0 Å². The number of aliphatic imine (C=N–C) groups is 2. The number of amides is 1. The van der Waals surface area contributed by atoms with Crippen LogP contribution < -0.4 is 15.0 Å². The Morgan fingerprint density at radius 2 is 1.88 bits per heavy atom. The predicted octanol–water partition coefficient (Wildman–Crippen LogP) is 4.79. The molecule has 0 saturated carbocycles. The van der Waals surface area contributed by atoms with E-state index in [9.17, 15) is 9.18 Å². The van der Waals surface area contributed by atoms with E-state index in [1.807, 2.05) is 59.5 Å². The first-order valence-corrected chi connectivity index (χ1v) is 10.9. The molecule has 6 nitrogen and oxygen atoms in total. The number of rotatable bonds is 6. The Bertz CT molecular complexity index is 1150. The molecular formula is C24H21FN4O2S. The average molecular weight is 449 g/mol. The van der Waals surface area contributed by atoms with Crippen LogP contribution in [0.3, 0.4) is 0 Å². The summed E-state index contributed by atoms with van der Waals surface area (Å²) in [6.45, 7) is 0.369. The molecule has 162 valence electrons. The molecule has 3 aromatic rings. The van der Waals surface area contributed by atoms with Crippen molar-refractivity contribution in [3.63, 3.8) is 0 Å². The summed E-state index contributed by atoms with van der Waals surface area (Å²) in [5, 5.41) is 3.37. The lowest BCUT2D eigenvalue weighted by atomic mass is 10.2. The number of anilines is 2. The largest absolute Gasteiger partial charge is 0.497 e. The van der Waals surface area contributed by atoms with Crippen LogP contribution in [-0.2, 0) is 4.79 Å². The normalized spacial score (nSPS) is 13.2. The molecule has 8 heteroatoms. The highest BCUT2D eigenvalue weighted by atomic mass is 32.2. The van der Waals surface area contributed by atoms with Gasteiger partial charge < -0.3 is 15.0 Å². The van der Waals surface area contributed by atoms with Crippen molar-refractivity contribution in [2.24, 2.45) is 9.98 Å². The van der Waals surface area contributed by atoms with Crippen LogP contribution in [-0.4, -0.2) is 36.4 Å². The zero-order chi connectivity index (χ0) is 22.3. The number of hydrogen-bond donors (Lipinski definition) is 1. The van der Waals surface area contributed by atoms with Gasteiger partial charge in [0.15, 0.2) is 11.0 Å². The Labute approximate surface area is 189 Å². The third kappa shape index (κ3) is 5.33. The molecule has 1 N–H and O–H groups in total. The highest BCUT2D eigenvalue weighted by Gasteiger charge is 2.21. The van der Waals surface area contributed by atoms with E-state index in [2.05, 4.69) is 10.3 Å². The fourth-order valence-electron chi connectivity index (χ4n) is 3.09. The quantitative estimate of drug-likeness (QED) is 0.589. The van der Waals surface area contributed by atoms with Crippen LogP contribution >= 0.6 is 11.8 Å². The Balaban J connectivity index is 1.53. The molecule has 0 bridgehead atoms. The maximum atomic E-state index is 13.4. The molecule has 4 rings (SSSR count). The highest BCUT2D eigenvalue weighted by molar-refractivity contribution is 8.14. The molecular weight excluding hydrogens is 427 g/mol. The Morgan fingerprint density at radius 1 is 1.09 bits per heavy atom. The summed E-state index contributed by atoms with van der Waals surface area (Å²) in [4.78, 5) is 23.8. The van der Waals surface area contributed by atoms with Crippen LogP contribution in [0.15, 0.2) is 88.8 Å². The topological polar surface area (TPSA) is 66.3 Å². The summed E-state index contributed by atoms with van der Waals surface area (Å²) < 4.78 is 18.6. The van der Waals surface area contributed by atoms with E-state index in [1.165, 1.54) is 23.9 Å². The number of hydrogen-bond acceptors (Lipinski definition) is 6. The highest BCUT2D eigenvalue weighted by Crippen LogP contribution is 2.26. The van der Waals surface area contributed by atoms with E-state index < -0.39 is 5.82 Å². The molecule has 0 radical (unpaired) electrons. The van der Waals surface area contributed by atoms with Crippen molar-refractivity contribution in [2.75, 3.05) is 29.7 Å². The maximum Gasteiger partial charge on any atom is 0.234 e. The number of nitrogens with zero attached hydrogens (tertiary/aromatic N) is 3. The fraction of sp³-hybridized carbons (Fsp3) is 0.125. The van der Waals surface area contributed by atoms with Gasteiger partial charge in [0.2, 0.25) is 5.91 Å². The molecule has 3 aromatic carbocycles. The molecule has 0 aromatic heterocycles. The molecule has 0 unspecified atom stereocenters. The second kappa shape index (κ2) is 10.1. The number of halogens is 1. The lowest BCUT2D eigenvalue weighted by molar-refractivity contribution is -0.113. The number of thioether (sulfide) groups is 1. The van der Waals surface area contributed by atoms with E-state index in [0.717, 1.165) is 17.0 Å². The van der Waals surface area contributed by atoms with Crippen molar-refractivity contribution >= 4 is 40.0 Å². The first-order chi connectivity index (χ1) is 15.6. The van der Waals surface area contributed by atoms with E-state index in [4.69, 9.17) is 9.73 Å². The minimum atomic E-state index is -0.401. The zero-order valence-electron chi connectivity index (χ0n) is 17.4. The first-order valence-electron chi connectivity index (χ1n) is 9.91. The van der Waals surface area contributed by atoms with Crippen LogP contribution in [0.4, 0.5) is 15.8 Å². The number of nitrogens with one attached hydrogen (secondary N) is 1. The molecule has 1 heterocycles. The zero-order valence-corrected chi connectivity index (χ0v) is 18.2. The molecule has 32 heavy (non-hydrogen) atoms. The van der Waals surface area contributed by atoms with Crippen LogP contribution in [0.5, 0.6) is 5.75 Å². The van der Waals surface area contributed by atoms with Crippen molar-refractivity contribution in [3.8, 4) is 5.75 Å². The van der Waals surface area contributed by atoms with Gasteiger partial charge in [0, 0.05) is 16.9 Å². The first kappa shape index (κ1) is 21.6. The van der Waals surface area contributed by atoms with Crippen molar-refractivity contribution in [2.45, 2.75) is 0 Å². The summed E-state index contributed by atoms with van der Waals surface area (Å²) in [5.74, 6) is 0.830. The number of methoxy groups -OCH3 is 1. The third-order valence-corrected chi connectivity index (χ3v) is 5.63. The molecule has 1 aliphatic rings. The Hall–Kier alpha value is -3.65. The average Bonchev–Trinajstić information content (AvgIpc) is 2.83. The van der Waals surface area contributed by atoms with Gasteiger partial charge in [-0.25, -0.2) is 14.4 Å². The SMILES string of the molecule is COc1ccc(N2CN=C(c3ccccc3)N=C2SCC(=O)Nc2cccc(F)c2)cc1. The van der Waals surface area contributed by atoms with Crippen LogP contribution in [0.1, 0.15) is 5.56 Å². The number of benzene rings is 3. The predicted molar refractivity (Wildman–Crippen MR) is 128 cm³/mol. The Kier molecular flexibility index (Phi) is 6.81. The van der Waals surface area contributed by atoms with Gasteiger partial charge in [0.1, 0.15) is 18.2 Å². The van der Waals surface area contributed by atoms with E-state index >= 15 is 0 Å². The van der Waals surface area contributed by atoms with Crippen molar-refractivity contribution in [3.05, 3.63) is 90.2 Å². The standard InChI is InChI=1S/C24H21FN4O2S/c1-31-21-12-10-20(11-13-21)29-16-26-23(17-6-3-2-4-7-17)28-24(29)32-15-22(30)27-19-9-5-8-18(25)14-19/h2-14H,15-16H2,1H3,(H,27,30). The monoisotopic (exact) mass is 448 g/mol. The molecule has 0 fully saturated rings. The van der Waals surface area contributed by atoms with Crippen molar-refractivity contribution < 1.29 is 13.9 Å². The molecule has 1 aliphatic heterocycles. The number of carbonyl (C=O) groups excluding carboxylic acids is 1. The second-order valence-electron chi connectivity index (χ2n) is 6.86. The lowest BCUT2D eigenvalue weighted by Crippen LogP contribution is -2.34. The third-order valence-electron chi connectivity index (χ3n) is 4.65. The van der Waals surface area contributed by atoms with Crippen LogP contribution in [0.2, 0.25) is 0 Å². The van der Waals surface area contributed by atoms with Crippen LogP contribution in [0, 0.1) is 5.82 Å². The molecule has 0 atom stereocenters. The minimum absolute atomic E-state index is 0.115. The molecule has 1 amide bonds. The molecule has 0 spiro atoms. The van der Waals surface area contributed by atoms with E-state index in [-0.39, 0.29) is 11.7 Å². The summed E-state index contributed by atoms with van der Waals surface area (Å²) in [6.07, 6.45) is 0. The van der Waals surface area contributed by atoms with Crippen molar-refractivity contribution in [1.82, 2.24) is 0 Å². The Morgan fingerprint density at radius 3 is 2.59 bits per heavy atom. The number of ether oxygens (including phenoxy) is 1. The second-order valence-corrected chi connectivity index (χ2v) is 7.80. The fourth-order valence-corrected chi connectivity index (χ4v) is 3.89. The van der Waals surface area contributed by atoms with Gasteiger partial charge >= 0.3 is 0 Å². The summed E-state index contributed by atoms with van der Waals surface area (Å²) in [7, 11) is 1.62. The van der Waals surface area contributed by atoms with Gasteiger partial charge in [0.05, 0.1) is 12.9 Å². The maximum absolute atomic E-state index is 13.4. The van der Waals surface area contributed by atoms with Gasteiger partial charge in [-0.3, -0.25) is 4.79 Å². The molecule has 0 saturated heterocycles. The van der Waals surface area contributed by atoms with E-state index in [0.29, 0.717) is 23.4 Å². The molecule has 0 aliphatic carbocycles. The lowest BCUT2D eigenvalue weighted by Gasteiger charge is -2.27. The summed E-state index contributed by atoms with van der Waals surface area (Å²) >= 11 is 1.30. The number of amidine groups is 2. The van der Waals surface area contributed by atoms with Crippen LogP contribution in [0.25, 0.3) is 0 Å². The number of carbonyl (C=O) groups is 1. The van der Waals surface area contributed by atoms with Gasteiger partial charge in [-0.15, -0.1) is 0 Å². The minimum Gasteiger partial charge on any atom is -0.497 e. The van der Waals surface area contributed by atoms with Crippen molar-refractivity contribution in [1.29, 1.82) is 0 Å². The summed E-state index contributed by atoms with van der Waals surface area (Å²) in [5.41, 5.74) is 2.21. The smallest absolute Gasteiger partial charge is 0.234 e. The van der Waals surface area contributed by atoms with E-state index in [1.54, 1.807) is 19.2 Å². The van der Waals surface area contributed by atoms with Gasteiger partial charge in [0.25, 0.3) is 0 Å². The van der Waals surface area contributed by atoms with Gasteiger partial charge in [-0.05, 0) is 42.5 Å². The summed E-state index contributed by atoms with van der Waals surface area (Å²) in [6, 6.07) is 23.1. The van der Waals surface area contributed by atoms with Gasteiger partial charge in [-0.1, -0.05) is 48.2 Å².